The van der Waals surface area contributed by atoms with E-state index in [-0.39, 0.29) is 23.0 Å². The number of sulfonamides is 1. The molecule has 0 saturated carbocycles. The number of carbonyl (C=O) groups excluding carboxylic acids is 2. The predicted octanol–water partition coefficient (Wildman–Crippen LogP) is 4.22. The van der Waals surface area contributed by atoms with Crippen molar-refractivity contribution in [1.82, 2.24) is 10.2 Å². The van der Waals surface area contributed by atoms with Crippen LogP contribution in [-0.4, -0.2) is 51.4 Å². The van der Waals surface area contributed by atoms with Gasteiger partial charge in [0.2, 0.25) is 11.8 Å². The van der Waals surface area contributed by atoms with Crippen molar-refractivity contribution >= 4 is 27.5 Å². The van der Waals surface area contributed by atoms with E-state index >= 15 is 0 Å². The molecule has 0 aliphatic rings. The normalized spacial score (nSPS) is 11.9. The standard InChI is InChI=1S/C29H35N3O5S/c1-4-19-30-29(34)27(5-2)31(21-23-13-8-6-9-14-23)28(33)22-32(24-15-12-16-25(20-24)37-3)38(35,36)26-17-10-7-11-18-26/h6-18,20,27H,4-5,19,21-22H2,1-3H3,(H,30,34). The Morgan fingerprint density at radius 2 is 1.58 bits per heavy atom. The molecular formula is C29H35N3O5S. The van der Waals surface area contributed by atoms with E-state index < -0.39 is 28.5 Å². The largest absolute Gasteiger partial charge is 0.497 e. The van der Waals surface area contributed by atoms with Crippen LogP contribution < -0.4 is 14.4 Å². The fourth-order valence-corrected chi connectivity index (χ4v) is 5.51. The van der Waals surface area contributed by atoms with Crippen LogP contribution in [0, 0.1) is 0 Å². The van der Waals surface area contributed by atoms with Crippen molar-refractivity contribution in [3.8, 4) is 5.75 Å². The number of rotatable bonds is 13. The van der Waals surface area contributed by atoms with E-state index in [0.29, 0.717) is 18.7 Å². The maximum atomic E-state index is 14.0. The van der Waals surface area contributed by atoms with Crippen LogP contribution in [0.2, 0.25) is 0 Å². The second-order valence-corrected chi connectivity index (χ2v) is 10.6. The molecule has 3 aromatic rings. The zero-order valence-corrected chi connectivity index (χ0v) is 22.9. The van der Waals surface area contributed by atoms with E-state index in [1.54, 1.807) is 42.5 Å². The first-order valence-corrected chi connectivity index (χ1v) is 14.1. The summed E-state index contributed by atoms with van der Waals surface area (Å²) in [7, 11) is -2.63. The van der Waals surface area contributed by atoms with Crippen LogP contribution in [0.3, 0.4) is 0 Å². The molecule has 9 heteroatoms. The molecule has 0 bridgehead atoms. The second kappa shape index (κ2) is 13.6. The Hall–Kier alpha value is -3.85. The van der Waals surface area contributed by atoms with Crippen molar-refractivity contribution in [3.05, 3.63) is 90.5 Å². The van der Waals surface area contributed by atoms with Crippen LogP contribution in [0.15, 0.2) is 89.8 Å². The molecule has 1 unspecified atom stereocenters. The first kappa shape index (κ1) is 28.7. The highest BCUT2D eigenvalue weighted by Crippen LogP contribution is 2.27. The molecular weight excluding hydrogens is 502 g/mol. The molecule has 0 heterocycles. The fourth-order valence-electron chi connectivity index (χ4n) is 4.08. The van der Waals surface area contributed by atoms with E-state index in [0.717, 1.165) is 16.3 Å². The smallest absolute Gasteiger partial charge is 0.264 e. The van der Waals surface area contributed by atoms with Crippen molar-refractivity contribution < 1.29 is 22.7 Å². The Labute approximate surface area is 225 Å². The molecule has 0 fully saturated rings. The quantitative estimate of drug-likeness (QED) is 0.352. The summed E-state index contributed by atoms with van der Waals surface area (Å²) < 4.78 is 34.0. The molecule has 0 aromatic heterocycles. The van der Waals surface area contributed by atoms with Crippen LogP contribution in [0.25, 0.3) is 0 Å². The minimum absolute atomic E-state index is 0.0537. The SMILES string of the molecule is CCCNC(=O)C(CC)N(Cc1ccccc1)C(=O)CN(c1cccc(OC)c1)S(=O)(=O)c1ccccc1. The maximum absolute atomic E-state index is 14.0. The Balaban J connectivity index is 2.04. The molecule has 0 radical (unpaired) electrons. The molecule has 1 N–H and O–H groups in total. The number of hydrogen-bond donors (Lipinski definition) is 1. The average molecular weight is 538 g/mol. The van der Waals surface area contributed by atoms with Gasteiger partial charge in [0, 0.05) is 19.2 Å². The minimum atomic E-state index is -4.12. The maximum Gasteiger partial charge on any atom is 0.264 e. The Morgan fingerprint density at radius 1 is 0.921 bits per heavy atom. The van der Waals surface area contributed by atoms with E-state index in [1.165, 1.54) is 24.1 Å². The first-order chi connectivity index (χ1) is 18.3. The number of methoxy groups -OCH3 is 1. The number of ether oxygens (including phenoxy) is 1. The summed E-state index contributed by atoms with van der Waals surface area (Å²) in [4.78, 5) is 28.5. The zero-order valence-electron chi connectivity index (χ0n) is 22.0. The van der Waals surface area contributed by atoms with Gasteiger partial charge in [0.25, 0.3) is 10.0 Å². The Morgan fingerprint density at radius 3 is 2.18 bits per heavy atom. The van der Waals surface area contributed by atoms with Crippen LogP contribution in [0.5, 0.6) is 5.75 Å². The van der Waals surface area contributed by atoms with Gasteiger partial charge in [-0.1, -0.05) is 68.4 Å². The molecule has 0 spiro atoms. The van der Waals surface area contributed by atoms with Gasteiger partial charge < -0.3 is 15.0 Å². The van der Waals surface area contributed by atoms with E-state index in [4.69, 9.17) is 4.74 Å². The molecule has 0 saturated heterocycles. The summed E-state index contributed by atoms with van der Waals surface area (Å²) in [5.74, 6) is -0.304. The third-order valence-electron chi connectivity index (χ3n) is 6.08. The topological polar surface area (TPSA) is 96.0 Å². The molecule has 0 aliphatic carbocycles. The third-order valence-corrected chi connectivity index (χ3v) is 7.87. The Bertz CT molecular complexity index is 1300. The summed E-state index contributed by atoms with van der Waals surface area (Å²) in [5.41, 5.74) is 1.12. The van der Waals surface area contributed by atoms with Crippen molar-refractivity contribution in [2.75, 3.05) is 24.5 Å². The molecule has 3 aromatic carbocycles. The summed E-state index contributed by atoms with van der Waals surface area (Å²) in [6.45, 7) is 3.95. The zero-order chi connectivity index (χ0) is 27.5. The number of amides is 2. The molecule has 3 rings (SSSR count). The third kappa shape index (κ3) is 7.13. The number of nitrogens with one attached hydrogen (secondary N) is 1. The van der Waals surface area contributed by atoms with Crippen molar-refractivity contribution in [1.29, 1.82) is 0 Å². The lowest BCUT2D eigenvalue weighted by molar-refractivity contribution is -0.140. The summed E-state index contributed by atoms with van der Waals surface area (Å²) >= 11 is 0. The van der Waals surface area contributed by atoms with E-state index in [2.05, 4.69) is 5.32 Å². The number of nitrogens with zero attached hydrogens (tertiary/aromatic N) is 2. The van der Waals surface area contributed by atoms with Gasteiger partial charge in [0.05, 0.1) is 17.7 Å². The van der Waals surface area contributed by atoms with Gasteiger partial charge in [-0.3, -0.25) is 13.9 Å². The van der Waals surface area contributed by atoms with E-state index in [9.17, 15) is 18.0 Å². The van der Waals surface area contributed by atoms with Crippen LogP contribution >= 0.6 is 0 Å². The van der Waals surface area contributed by atoms with E-state index in [1.807, 2.05) is 44.2 Å². The first-order valence-electron chi connectivity index (χ1n) is 12.6. The second-order valence-electron chi connectivity index (χ2n) is 8.75. The Kier molecular flexibility index (Phi) is 10.3. The van der Waals surface area contributed by atoms with Crippen LogP contribution in [0.4, 0.5) is 5.69 Å². The van der Waals surface area contributed by atoms with Gasteiger partial charge in [0.15, 0.2) is 0 Å². The fraction of sp³-hybridized carbons (Fsp3) is 0.310. The molecule has 38 heavy (non-hydrogen) atoms. The molecule has 202 valence electrons. The monoisotopic (exact) mass is 537 g/mol. The lowest BCUT2D eigenvalue weighted by Crippen LogP contribution is -2.52. The summed E-state index contributed by atoms with van der Waals surface area (Å²) in [6.07, 6.45) is 1.13. The minimum Gasteiger partial charge on any atom is -0.497 e. The van der Waals surface area contributed by atoms with Gasteiger partial charge in [0.1, 0.15) is 18.3 Å². The molecule has 8 nitrogen and oxygen atoms in total. The van der Waals surface area contributed by atoms with Gasteiger partial charge in [-0.2, -0.15) is 0 Å². The predicted molar refractivity (Wildman–Crippen MR) is 148 cm³/mol. The average Bonchev–Trinajstić information content (AvgIpc) is 2.95. The van der Waals surface area contributed by atoms with Crippen molar-refractivity contribution in [2.24, 2.45) is 0 Å². The highest BCUT2D eigenvalue weighted by Gasteiger charge is 2.33. The van der Waals surface area contributed by atoms with Crippen molar-refractivity contribution in [2.45, 2.75) is 44.2 Å². The van der Waals surface area contributed by atoms with Gasteiger partial charge >= 0.3 is 0 Å². The number of anilines is 1. The molecule has 1 atom stereocenters. The molecule has 2 amide bonds. The lowest BCUT2D eigenvalue weighted by atomic mass is 10.1. The van der Waals surface area contributed by atoms with Gasteiger partial charge in [-0.05, 0) is 42.7 Å². The summed E-state index contributed by atoms with van der Waals surface area (Å²) in [6, 6.07) is 23.1. The van der Waals surface area contributed by atoms with Crippen molar-refractivity contribution in [3.63, 3.8) is 0 Å². The number of benzene rings is 3. The van der Waals surface area contributed by atoms with Crippen LogP contribution in [-0.2, 0) is 26.2 Å². The number of carbonyl (C=O) groups is 2. The molecule has 0 aliphatic heterocycles. The van der Waals surface area contributed by atoms with Gasteiger partial charge in [-0.25, -0.2) is 8.42 Å². The van der Waals surface area contributed by atoms with Gasteiger partial charge in [-0.15, -0.1) is 0 Å². The number of hydrogen-bond acceptors (Lipinski definition) is 5. The highest BCUT2D eigenvalue weighted by molar-refractivity contribution is 7.92. The van der Waals surface area contributed by atoms with Crippen LogP contribution in [0.1, 0.15) is 32.3 Å². The highest BCUT2D eigenvalue weighted by atomic mass is 32.2. The lowest BCUT2D eigenvalue weighted by Gasteiger charge is -2.33. The summed E-state index contributed by atoms with van der Waals surface area (Å²) in [5, 5.41) is 2.88.